The van der Waals surface area contributed by atoms with Crippen LogP contribution in [0.5, 0.6) is 5.75 Å². The van der Waals surface area contributed by atoms with Crippen LogP contribution in [0.15, 0.2) is 29.4 Å². The van der Waals surface area contributed by atoms with Gasteiger partial charge < -0.3 is 10.4 Å². The number of nitrogens with zero attached hydrogens (tertiary/aromatic N) is 1. The van der Waals surface area contributed by atoms with E-state index in [-0.39, 0.29) is 11.7 Å². The normalized spacial score (nSPS) is 19.2. The molecular formula is C13H15N3O3. The Labute approximate surface area is 110 Å². The zero-order valence-electron chi connectivity index (χ0n) is 10.3. The molecule has 1 heterocycles. The van der Waals surface area contributed by atoms with Crippen molar-refractivity contribution < 1.29 is 14.7 Å². The molecule has 100 valence electrons. The van der Waals surface area contributed by atoms with Gasteiger partial charge in [-0.2, -0.15) is 5.10 Å². The number of phenols is 1. The van der Waals surface area contributed by atoms with Crippen molar-refractivity contribution in [3.05, 3.63) is 29.8 Å². The zero-order chi connectivity index (χ0) is 13.7. The van der Waals surface area contributed by atoms with Gasteiger partial charge in [0, 0.05) is 12.1 Å². The number of carbonyl (C=O) groups excluding carboxylic acids is 2. The smallest absolute Gasteiger partial charge is 0.252 e. The molecule has 1 fully saturated rings. The molecule has 19 heavy (non-hydrogen) atoms. The van der Waals surface area contributed by atoms with Gasteiger partial charge in [0.05, 0.1) is 6.21 Å². The molecular weight excluding hydrogens is 246 g/mol. The lowest BCUT2D eigenvalue weighted by Gasteiger charge is -2.19. The highest BCUT2D eigenvalue weighted by atomic mass is 16.3. The summed E-state index contributed by atoms with van der Waals surface area (Å²) in [6.45, 7) is 0.615. The average Bonchev–Trinajstić information content (AvgIpc) is 2.41. The molecule has 0 unspecified atom stereocenters. The third kappa shape index (κ3) is 3.31. The molecule has 6 heteroatoms. The maximum atomic E-state index is 11.7. The monoisotopic (exact) mass is 261 g/mol. The summed E-state index contributed by atoms with van der Waals surface area (Å²) in [5, 5.41) is 15.9. The van der Waals surface area contributed by atoms with Gasteiger partial charge in [0.1, 0.15) is 11.7 Å². The number of hydrogen-bond acceptors (Lipinski definition) is 4. The second-order valence-corrected chi connectivity index (χ2v) is 4.28. The fourth-order valence-electron chi connectivity index (χ4n) is 1.86. The zero-order valence-corrected chi connectivity index (χ0v) is 10.3. The number of hydrazone groups is 1. The van der Waals surface area contributed by atoms with Crippen molar-refractivity contribution in [2.24, 2.45) is 11.0 Å². The van der Waals surface area contributed by atoms with Crippen molar-refractivity contribution >= 4 is 18.0 Å². The third-order valence-electron chi connectivity index (χ3n) is 2.92. The highest BCUT2D eigenvalue weighted by Gasteiger charge is 2.28. The summed E-state index contributed by atoms with van der Waals surface area (Å²) in [6, 6.07) is 6.63. The van der Waals surface area contributed by atoms with Crippen molar-refractivity contribution in [1.29, 1.82) is 0 Å². The van der Waals surface area contributed by atoms with Gasteiger partial charge in [-0.15, -0.1) is 0 Å². The Morgan fingerprint density at radius 2 is 2.26 bits per heavy atom. The van der Waals surface area contributed by atoms with E-state index >= 15 is 0 Å². The van der Waals surface area contributed by atoms with Gasteiger partial charge in [0.15, 0.2) is 0 Å². The Hall–Kier alpha value is -2.37. The Morgan fingerprint density at radius 1 is 1.47 bits per heavy atom. The second kappa shape index (κ2) is 5.99. The van der Waals surface area contributed by atoms with E-state index in [1.54, 1.807) is 18.2 Å². The second-order valence-electron chi connectivity index (χ2n) is 4.28. The van der Waals surface area contributed by atoms with Crippen molar-refractivity contribution in [1.82, 2.24) is 10.7 Å². The number of benzene rings is 1. The van der Waals surface area contributed by atoms with Crippen LogP contribution in [-0.4, -0.2) is 29.7 Å². The summed E-state index contributed by atoms with van der Waals surface area (Å²) in [4.78, 5) is 23.2. The van der Waals surface area contributed by atoms with Crippen LogP contribution in [0.3, 0.4) is 0 Å². The van der Waals surface area contributed by atoms with Gasteiger partial charge >= 0.3 is 0 Å². The van der Waals surface area contributed by atoms with E-state index in [9.17, 15) is 14.7 Å². The lowest BCUT2D eigenvalue weighted by molar-refractivity contribution is -0.136. The maximum Gasteiger partial charge on any atom is 0.252 e. The molecule has 6 nitrogen and oxygen atoms in total. The number of carbonyl (C=O) groups is 2. The minimum atomic E-state index is -0.685. The maximum absolute atomic E-state index is 11.7. The first-order valence-electron chi connectivity index (χ1n) is 6.07. The molecule has 0 bridgehead atoms. The predicted molar refractivity (Wildman–Crippen MR) is 69.6 cm³/mol. The van der Waals surface area contributed by atoms with Crippen LogP contribution in [-0.2, 0) is 9.59 Å². The molecule has 1 atom stereocenters. The van der Waals surface area contributed by atoms with Crippen LogP contribution in [0.1, 0.15) is 18.4 Å². The standard InChI is InChI=1S/C13H15N3O3/c17-11-6-2-1-4-9(11)8-15-16-13(19)10-5-3-7-14-12(10)18/h1-2,4,6,8,10,17H,3,5,7H2,(H,14,18)(H,16,19)/b15-8+/t10-/m1/s1. The topological polar surface area (TPSA) is 90.8 Å². The molecule has 3 N–H and O–H groups in total. The van der Waals surface area contributed by atoms with Gasteiger partial charge in [0.2, 0.25) is 5.91 Å². The molecule has 2 rings (SSSR count). The largest absolute Gasteiger partial charge is 0.507 e. The molecule has 1 aliphatic rings. The number of nitrogens with one attached hydrogen (secondary N) is 2. The number of phenolic OH excluding ortho intramolecular Hbond substituents is 1. The van der Waals surface area contributed by atoms with E-state index in [0.29, 0.717) is 18.5 Å². The van der Waals surface area contributed by atoms with E-state index in [1.807, 2.05) is 0 Å². The number of aromatic hydroxyl groups is 1. The van der Waals surface area contributed by atoms with Crippen molar-refractivity contribution in [3.63, 3.8) is 0 Å². The highest BCUT2D eigenvalue weighted by molar-refractivity contribution is 6.00. The average molecular weight is 261 g/mol. The molecule has 1 aromatic rings. The van der Waals surface area contributed by atoms with Crippen molar-refractivity contribution in [3.8, 4) is 5.75 Å². The van der Waals surface area contributed by atoms with Crippen LogP contribution in [0.25, 0.3) is 0 Å². The summed E-state index contributed by atoms with van der Waals surface area (Å²) in [6.07, 6.45) is 2.66. The summed E-state index contributed by atoms with van der Waals surface area (Å²) in [7, 11) is 0. The van der Waals surface area contributed by atoms with Gasteiger partial charge in [-0.25, -0.2) is 5.43 Å². The number of amides is 2. The molecule has 0 saturated carbocycles. The molecule has 1 aromatic carbocycles. The van der Waals surface area contributed by atoms with E-state index < -0.39 is 11.8 Å². The third-order valence-corrected chi connectivity index (χ3v) is 2.92. The lowest BCUT2D eigenvalue weighted by Crippen LogP contribution is -2.43. The predicted octanol–water partition coefficient (Wildman–Crippen LogP) is 0.369. The fraction of sp³-hybridized carbons (Fsp3) is 0.308. The van der Waals surface area contributed by atoms with Crippen LogP contribution in [0.2, 0.25) is 0 Å². The molecule has 0 aliphatic carbocycles. The van der Waals surface area contributed by atoms with E-state index in [0.717, 1.165) is 6.42 Å². The van der Waals surface area contributed by atoms with Gasteiger partial charge in [-0.1, -0.05) is 12.1 Å². The number of rotatable bonds is 3. The Morgan fingerprint density at radius 3 is 3.00 bits per heavy atom. The summed E-state index contributed by atoms with van der Waals surface area (Å²) in [5.41, 5.74) is 2.81. The van der Waals surface area contributed by atoms with Gasteiger partial charge in [0.25, 0.3) is 5.91 Å². The Kier molecular flexibility index (Phi) is 4.12. The first kappa shape index (κ1) is 13.1. The van der Waals surface area contributed by atoms with E-state index in [4.69, 9.17) is 0 Å². The molecule has 1 aliphatic heterocycles. The Balaban J connectivity index is 1.93. The minimum Gasteiger partial charge on any atom is -0.507 e. The lowest BCUT2D eigenvalue weighted by atomic mass is 9.98. The summed E-state index contributed by atoms with van der Waals surface area (Å²) < 4.78 is 0. The fourth-order valence-corrected chi connectivity index (χ4v) is 1.86. The number of hydrogen-bond donors (Lipinski definition) is 3. The first-order valence-corrected chi connectivity index (χ1v) is 6.07. The van der Waals surface area contributed by atoms with Crippen molar-refractivity contribution in [2.75, 3.05) is 6.54 Å². The Bertz CT molecular complexity index is 514. The quantitative estimate of drug-likeness (QED) is 0.417. The van der Waals surface area contributed by atoms with Crippen LogP contribution < -0.4 is 10.7 Å². The number of para-hydroxylation sites is 1. The van der Waals surface area contributed by atoms with Crippen LogP contribution >= 0.6 is 0 Å². The van der Waals surface area contributed by atoms with Gasteiger partial charge in [-0.3, -0.25) is 9.59 Å². The van der Waals surface area contributed by atoms with Crippen LogP contribution in [0, 0.1) is 5.92 Å². The molecule has 0 aromatic heterocycles. The molecule has 2 amide bonds. The highest BCUT2D eigenvalue weighted by Crippen LogP contribution is 2.13. The molecule has 0 spiro atoms. The van der Waals surface area contributed by atoms with E-state index in [2.05, 4.69) is 15.8 Å². The van der Waals surface area contributed by atoms with Gasteiger partial charge in [-0.05, 0) is 25.0 Å². The van der Waals surface area contributed by atoms with Crippen LogP contribution in [0.4, 0.5) is 0 Å². The minimum absolute atomic E-state index is 0.0795. The summed E-state index contributed by atoms with van der Waals surface area (Å²) in [5.74, 6) is -1.29. The molecule has 0 radical (unpaired) electrons. The first-order chi connectivity index (χ1) is 9.18. The number of piperidine rings is 1. The summed E-state index contributed by atoms with van der Waals surface area (Å²) >= 11 is 0. The van der Waals surface area contributed by atoms with E-state index in [1.165, 1.54) is 12.3 Å². The molecule has 1 saturated heterocycles. The SMILES string of the molecule is O=C1NCCC[C@H]1C(=O)N/N=C/c1ccccc1O. The van der Waals surface area contributed by atoms with Crippen molar-refractivity contribution in [2.45, 2.75) is 12.8 Å².